The Morgan fingerprint density at radius 1 is 1.55 bits per heavy atom. The third-order valence-corrected chi connectivity index (χ3v) is 2.91. The van der Waals surface area contributed by atoms with E-state index in [1.54, 1.807) is 11.9 Å². The van der Waals surface area contributed by atoms with E-state index in [1.807, 2.05) is 13.8 Å². The summed E-state index contributed by atoms with van der Waals surface area (Å²) in [5.74, 6) is 0.232. The molecule has 7 nitrogen and oxygen atoms in total. The number of nitrogens with zero attached hydrogens (tertiary/aromatic N) is 3. The van der Waals surface area contributed by atoms with Crippen LogP contribution in [0.4, 0.5) is 0 Å². The van der Waals surface area contributed by atoms with Gasteiger partial charge in [0.15, 0.2) is 0 Å². The summed E-state index contributed by atoms with van der Waals surface area (Å²) in [5, 5.41) is 3.94. The Morgan fingerprint density at radius 3 is 2.80 bits per heavy atom. The van der Waals surface area contributed by atoms with E-state index >= 15 is 0 Å². The molecule has 1 aromatic rings. The van der Waals surface area contributed by atoms with Crippen molar-refractivity contribution in [3.05, 3.63) is 22.6 Å². The van der Waals surface area contributed by atoms with Gasteiger partial charge in [0.1, 0.15) is 12.3 Å². The van der Waals surface area contributed by atoms with E-state index in [4.69, 9.17) is 10.5 Å². The summed E-state index contributed by atoms with van der Waals surface area (Å²) in [4.78, 5) is 25.3. The van der Waals surface area contributed by atoms with Crippen molar-refractivity contribution in [2.24, 2.45) is 5.73 Å². The maximum Gasteiger partial charge on any atom is 0.270 e. The van der Waals surface area contributed by atoms with Crippen molar-refractivity contribution < 1.29 is 9.53 Å². The van der Waals surface area contributed by atoms with Crippen LogP contribution in [-0.2, 0) is 11.3 Å². The van der Waals surface area contributed by atoms with Gasteiger partial charge in [-0.2, -0.15) is 5.10 Å². The fraction of sp³-hybridized carbons (Fsp3) is 0.615. The van der Waals surface area contributed by atoms with Crippen LogP contribution in [0.1, 0.15) is 20.3 Å². The lowest BCUT2D eigenvalue weighted by Crippen LogP contribution is -2.38. The van der Waals surface area contributed by atoms with Crippen LogP contribution in [0.25, 0.3) is 0 Å². The number of carbonyl (C=O) groups is 1. The molecule has 0 aromatic carbocycles. The minimum atomic E-state index is -0.360. The maximum absolute atomic E-state index is 11.9. The first-order chi connectivity index (χ1) is 9.45. The average Bonchev–Trinajstić information content (AvgIpc) is 2.41. The Kier molecular flexibility index (Phi) is 6.17. The molecule has 0 saturated carbocycles. The fourth-order valence-electron chi connectivity index (χ4n) is 1.42. The van der Waals surface area contributed by atoms with E-state index in [9.17, 15) is 9.59 Å². The quantitative estimate of drug-likeness (QED) is 0.702. The molecule has 0 atom stereocenters. The van der Waals surface area contributed by atoms with Crippen molar-refractivity contribution in [3.63, 3.8) is 0 Å². The van der Waals surface area contributed by atoms with E-state index in [-0.39, 0.29) is 24.1 Å². The molecule has 0 saturated heterocycles. The van der Waals surface area contributed by atoms with Crippen LogP contribution in [0, 0.1) is 0 Å². The highest BCUT2D eigenvalue weighted by molar-refractivity contribution is 5.75. The van der Waals surface area contributed by atoms with Gasteiger partial charge in [0.2, 0.25) is 5.91 Å². The number of rotatable bonds is 7. The first kappa shape index (κ1) is 16.2. The van der Waals surface area contributed by atoms with E-state index < -0.39 is 0 Å². The number of likely N-dealkylation sites (N-methyl/N-ethyl adjacent to an activating group) is 1. The van der Waals surface area contributed by atoms with Crippen LogP contribution >= 0.6 is 0 Å². The molecule has 7 heteroatoms. The molecule has 0 fully saturated rings. The molecule has 0 bridgehead atoms. The van der Waals surface area contributed by atoms with Crippen molar-refractivity contribution in [2.75, 3.05) is 20.2 Å². The van der Waals surface area contributed by atoms with Crippen LogP contribution in [0.5, 0.6) is 5.75 Å². The lowest BCUT2D eigenvalue weighted by Gasteiger charge is -2.21. The molecule has 0 aliphatic rings. The van der Waals surface area contributed by atoms with E-state index in [2.05, 4.69) is 5.10 Å². The van der Waals surface area contributed by atoms with Gasteiger partial charge in [-0.15, -0.1) is 0 Å². The van der Waals surface area contributed by atoms with Gasteiger partial charge in [-0.3, -0.25) is 9.59 Å². The summed E-state index contributed by atoms with van der Waals surface area (Å²) in [5.41, 5.74) is 4.99. The highest BCUT2D eigenvalue weighted by Crippen LogP contribution is 2.04. The monoisotopic (exact) mass is 282 g/mol. The van der Waals surface area contributed by atoms with Crippen molar-refractivity contribution in [1.29, 1.82) is 0 Å². The van der Waals surface area contributed by atoms with E-state index in [0.29, 0.717) is 25.3 Å². The minimum absolute atomic E-state index is 0.0728. The topological polar surface area (TPSA) is 90.4 Å². The molecule has 0 aliphatic heterocycles. The maximum atomic E-state index is 11.9. The molecule has 0 unspecified atom stereocenters. The van der Waals surface area contributed by atoms with Gasteiger partial charge in [-0.05, 0) is 26.8 Å². The van der Waals surface area contributed by atoms with E-state index in [0.717, 1.165) is 4.68 Å². The van der Waals surface area contributed by atoms with E-state index in [1.165, 1.54) is 12.3 Å². The number of hydrogen-bond donors (Lipinski definition) is 1. The predicted octanol–water partition coefficient (Wildman–Crippen LogP) is -0.162. The van der Waals surface area contributed by atoms with Crippen LogP contribution in [-0.4, -0.2) is 46.8 Å². The Balaban J connectivity index is 2.69. The molecular formula is C13H22N4O3. The van der Waals surface area contributed by atoms with Crippen LogP contribution < -0.4 is 16.0 Å². The normalized spacial score (nSPS) is 10.7. The minimum Gasteiger partial charge on any atom is -0.492 e. The lowest BCUT2D eigenvalue weighted by molar-refractivity contribution is -0.132. The van der Waals surface area contributed by atoms with Crippen LogP contribution in [0.3, 0.4) is 0 Å². The summed E-state index contributed by atoms with van der Waals surface area (Å²) in [7, 11) is 1.70. The molecule has 1 rings (SSSR count). The zero-order valence-corrected chi connectivity index (χ0v) is 12.2. The number of aromatic nitrogens is 2. The summed E-state index contributed by atoms with van der Waals surface area (Å²) in [6.45, 7) is 4.71. The molecule has 1 heterocycles. The van der Waals surface area contributed by atoms with Crippen molar-refractivity contribution in [2.45, 2.75) is 32.9 Å². The SMILES string of the molecule is CC(C)N(C)C(=O)Cn1ncc(OCCCN)cc1=O. The van der Waals surface area contributed by atoms with Gasteiger partial charge in [0.05, 0.1) is 12.8 Å². The molecule has 1 amide bonds. The van der Waals surface area contributed by atoms with Crippen molar-refractivity contribution >= 4 is 5.91 Å². The van der Waals surface area contributed by atoms with Gasteiger partial charge >= 0.3 is 0 Å². The second kappa shape index (κ2) is 7.64. The number of carbonyl (C=O) groups excluding carboxylic acids is 1. The molecule has 0 aliphatic carbocycles. The summed E-state index contributed by atoms with van der Waals surface area (Å²) in [6, 6.07) is 1.41. The first-order valence-corrected chi connectivity index (χ1v) is 6.61. The number of ether oxygens (including phenoxy) is 1. The number of amides is 1. The van der Waals surface area contributed by atoms with Crippen molar-refractivity contribution in [3.8, 4) is 5.75 Å². The standard InChI is InChI=1S/C13H22N4O3/c1-10(2)16(3)13(19)9-17-12(18)7-11(8-15-17)20-6-4-5-14/h7-8,10H,4-6,9,14H2,1-3H3. The Labute approximate surface area is 118 Å². The van der Waals surface area contributed by atoms with Gasteiger partial charge in [-0.25, -0.2) is 4.68 Å². The highest BCUT2D eigenvalue weighted by Gasteiger charge is 2.13. The number of hydrogen-bond acceptors (Lipinski definition) is 5. The van der Waals surface area contributed by atoms with Crippen LogP contribution in [0.15, 0.2) is 17.1 Å². The first-order valence-electron chi connectivity index (χ1n) is 6.61. The highest BCUT2D eigenvalue weighted by atomic mass is 16.5. The summed E-state index contributed by atoms with van der Waals surface area (Å²) in [6.07, 6.45) is 2.14. The molecule has 2 N–H and O–H groups in total. The number of nitrogens with two attached hydrogens (primary N) is 1. The fourth-order valence-corrected chi connectivity index (χ4v) is 1.42. The zero-order valence-electron chi connectivity index (χ0n) is 12.2. The van der Waals surface area contributed by atoms with Gasteiger partial charge in [0.25, 0.3) is 5.56 Å². The Hall–Kier alpha value is -1.89. The molecule has 0 spiro atoms. The molecule has 0 radical (unpaired) electrons. The third kappa shape index (κ3) is 4.65. The van der Waals surface area contributed by atoms with Gasteiger partial charge in [-0.1, -0.05) is 0 Å². The predicted molar refractivity (Wildman–Crippen MR) is 75.6 cm³/mol. The molecular weight excluding hydrogens is 260 g/mol. The van der Waals surface area contributed by atoms with Gasteiger partial charge in [0, 0.05) is 19.2 Å². The summed E-state index contributed by atoms with van der Waals surface area (Å²) >= 11 is 0. The molecule has 20 heavy (non-hydrogen) atoms. The third-order valence-electron chi connectivity index (χ3n) is 2.91. The average molecular weight is 282 g/mol. The Bertz CT molecular complexity index is 499. The summed E-state index contributed by atoms with van der Waals surface area (Å²) < 4.78 is 6.44. The van der Waals surface area contributed by atoms with Crippen LogP contribution in [0.2, 0.25) is 0 Å². The molecule has 112 valence electrons. The van der Waals surface area contributed by atoms with Crippen molar-refractivity contribution in [1.82, 2.24) is 14.7 Å². The zero-order chi connectivity index (χ0) is 15.1. The lowest BCUT2D eigenvalue weighted by atomic mass is 10.3. The second-order valence-corrected chi connectivity index (χ2v) is 4.78. The molecule has 1 aromatic heterocycles. The Morgan fingerprint density at radius 2 is 2.25 bits per heavy atom. The largest absolute Gasteiger partial charge is 0.492 e. The smallest absolute Gasteiger partial charge is 0.270 e. The second-order valence-electron chi connectivity index (χ2n) is 4.78. The van der Waals surface area contributed by atoms with Gasteiger partial charge < -0.3 is 15.4 Å².